The van der Waals surface area contributed by atoms with Crippen molar-refractivity contribution in [2.75, 3.05) is 22.7 Å². The summed E-state index contributed by atoms with van der Waals surface area (Å²) in [5.41, 5.74) is 1.92. The number of hydrogen-bond acceptors (Lipinski definition) is 8. The van der Waals surface area contributed by atoms with Crippen LogP contribution in [0.15, 0.2) is 75.3 Å². The molecule has 1 atom stereocenters. The van der Waals surface area contributed by atoms with Crippen molar-refractivity contribution in [3.05, 3.63) is 87.2 Å². The van der Waals surface area contributed by atoms with Gasteiger partial charge in [0.15, 0.2) is 0 Å². The average molecular weight is 634 g/mol. The molecule has 3 heterocycles. The molecule has 2 aromatic heterocycles. The summed E-state index contributed by atoms with van der Waals surface area (Å²) in [6.45, 7) is 3.75. The average Bonchev–Trinajstić information content (AvgIpc) is 3.70. The number of ether oxygens (including phenoxy) is 1. The van der Waals surface area contributed by atoms with E-state index >= 15 is 0 Å². The number of benzene rings is 2. The van der Waals surface area contributed by atoms with Gasteiger partial charge in [0.05, 0.1) is 17.1 Å². The van der Waals surface area contributed by atoms with Crippen molar-refractivity contribution in [1.82, 2.24) is 24.8 Å². The lowest BCUT2D eigenvalue weighted by molar-refractivity contribution is 0.178. The number of pyridine rings is 1. The smallest absolute Gasteiger partial charge is 0.368 e. The molecule has 0 saturated heterocycles. The highest BCUT2D eigenvalue weighted by Crippen LogP contribution is 2.32. The van der Waals surface area contributed by atoms with Crippen molar-refractivity contribution < 1.29 is 13.2 Å². The number of nitrogens with one attached hydrogen (secondary N) is 2. The number of aromatic nitrogens is 5. The molecule has 4 aromatic rings. The van der Waals surface area contributed by atoms with Gasteiger partial charge in [0, 0.05) is 25.0 Å². The molecule has 13 heteroatoms. The van der Waals surface area contributed by atoms with Crippen LogP contribution in [-0.2, 0) is 23.0 Å². The van der Waals surface area contributed by atoms with Crippen molar-refractivity contribution in [3.63, 3.8) is 0 Å². The molecular weight excluding hydrogens is 594 g/mol. The summed E-state index contributed by atoms with van der Waals surface area (Å²) >= 11 is 0. The Morgan fingerprint density at radius 2 is 1.84 bits per heavy atom. The minimum Gasteiger partial charge on any atom is -0.488 e. The van der Waals surface area contributed by atoms with Crippen molar-refractivity contribution in [2.45, 2.75) is 75.8 Å². The first-order valence-corrected chi connectivity index (χ1v) is 17.2. The second-order valence-corrected chi connectivity index (χ2v) is 13.5. The topological polar surface area (TPSA) is 144 Å². The minimum atomic E-state index is -3.89. The second kappa shape index (κ2) is 13.3. The van der Waals surface area contributed by atoms with Crippen LogP contribution in [0.2, 0.25) is 0 Å². The lowest BCUT2D eigenvalue weighted by Gasteiger charge is -2.31. The largest absolute Gasteiger partial charge is 0.488 e. The first-order valence-electron chi connectivity index (χ1n) is 15.7. The predicted octanol–water partition coefficient (Wildman–Crippen LogP) is 4.11. The molecule has 6 rings (SSSR count). The van der Waals surface area contributed by atoms with Crippen LogP contribution in [0.4, 0.5) is 11.4 Å². The van der Waals surface area contributed by atoms with E-state index in [4.69, 9.17) is 4.74 Å². The van der Waals surface area contributed by atoms with Crippen molar-refractivity contribution in [2.24, 2.45) is 5.92 Å². The highest BCUT2D eigenvalue weighted by Gasteiger charge is 2.24. The molecule has 1 fully saturated rings. The number of anilines is 2. The summed E-state index contributed by atoms with van der Waals surface area (Å²) in [6, 6.07) is 14.9. The van der Waals surface area contributed by atoms with Gasteiger partial charge in [-0.05, 0) is 109 Å². The van der Waals surface area contributed by atoms with Crippen molar-refractivity contribution >= 4 is 21.4 Å². The molecule has 1 unspecified atom stereocenters. The van der Waals surface area contributed by atoms with Crippen molar-refractivity contribution in [1.29, 1.82) is 0 Å². The summed E-state index contributed by atoms with van der Waals surface area (Å²) in [7, 11) is -3.89. The molecule has 2 N–H and O–H groups in total. The molecule has 1 aliphatic heterocycles. The van der Waals surface area contributed by atoms with E-state index in [2.05, 4.69) is 20.1 Å². The maximum Gasteiger partial charge on any atom is 0.368 e. The number of hydrogen-bond donors (Lipinski definition) is 2. The molecule has 238 valence electrons. The number of fused-ring (bicyclic) bond motifs is 1. The highest BCUT2D eigenvalue weighted by atomic mass is 32.2. The van der Waals surface area contributed by atoms with Crippen LogP contribution < -0.4 is 25.6 Å². The summed E-state index contributed by atoms with van der Waals surface area (Å²) in [4.78, 5) is 29.9. The minimum absolute atomic E-state index is 0.0628. The molecule has 0 spiro atoms. The summed E-state index contributed by atoms with van der Waals surface area (Å²) in [6.07, 6.45) is 10.1. The third-order valence-corrected chi connectivity index (χ3v) is 10.2. The van der Waals surface area contributed by atoms with Crippen LogP contribution in [0, 0.1) is 5.92 Å². The maximum absolute atomic E-state index is 13.2. The number of likely N-dealkylation sites (N-methyl/N-ethyl adjacent to an activating group) is 1. The van der Waals surface area contributed by atoms with Gasteiger partial charge in [0.25, 0.3) is 15.6 Å². The maximum atomic E-state index is 13.2. The molecule has 2 aliphatic rings. The van der Waals surface area contributed by atoms with Gasteiger partial charge in [-0.1, -0.05) is 25.7 Å². The Morgan fingerprint density at radius 3 is 2.60 bits per heavy atom. The number of aromatic amines is 1. The molecule has 0 bridgehead atoms. The zero-order valence-corrected chi connectivity index (χ0v) is 26.2. The van der Waals surface area contributed by atoms with Gasteiger partial charge in [-0.2, -0.15) is 9.36 Å². The Labute approximate surface area is 262 Å². The third-order valence-electron chi connectivity index (χ3n) is 8.77. The Morgan fingerprint density at radius 1 is 1.04 bits per heavy atom. The van der Waals surface area contributed by atoms with Gasteiger partial charge >= 0.3 is 5.69 Å². The summed E-state index contributed by atoms with van der Waals surface area (Å²) in [5, 5.41) is 8.02. The quantitative estimate of drug-likeness (QED) is 0.237. The van der Waals surface area contributed by atoms with E-state index in [0.29, 0.717) is 48.9 Å². The summed E-state index contributed by atoms with van der Waals surface area (Å²) < 4.78 is 37.9. The number of rotatable bonds is 12. The zero-order valence-electron chi connectivity index (χ0n) is 25.4. The van der Waals surface area contributed by atoms with E-state index in [-0.39, 0.29) is 22.2 Å². The lowest BCUT2D eigenvalue weighted by Crippen LogP contribution is -2.39. The molecule has 45 heavy (non-hydrogen) atoms. The standard InChI is InChI=1S/C32H39N7O5S/c1-2-37(29-10-5-19-33-31(29)40)22-27-15-11-24-21-25(12-18-30(24)44-27)34-45(42,43)28-16-13-26(14-17-28)39-32(41)38(35-36-39)20-6-9-23-7-3-4-8-23/h5,10,12-14,16-19,21,23,27,34H,2-4,6-9,11,15,20,22H2,1H3,(H,33,40). The Balaban J connectivity index is 1.07. The fourth-order valence-corrected chi connectivity index (χ4v) is 7.38. The Hall–Kier alpha value is -4.39. The van der Waals surface area contributed by atoms with E-state index in [0.717, 1.165) is 30.7 Å². The lowest BCUT2D eigenvalue weighted by atomic mass is 10.0. The predicted molar refractivity (Wildman–Crippen MR) is 172 cm³/mol. The van der Waals surface area contributed by atoms with Crippen LogP contribution in [0.5, 0.6) is 5.75 Å². The van der Waals surface area contributed by atoms with Gasteiger partial charge in [0.2, 0.25) is 0 Å². The van der Waals surface area contributed by atoms with E-state index in [1.807, 2.05) is 11.8 Å². The van der Waals surface area contributed by atoms with Crippen LogP contribution in [0.25, 0.3) is 5.69 Å². The van der Waals surface area contributed by atoms with Gasteiger partial charge in [-0.3, -0.25) is 9.52 Å². The summed E-state index contributed by atoms with van der Waals surface area (Å²) in [5.74, 6) is 1.45. The first-order chi connectivity index (χ1) is 21.8. The van der Waals surface area contributed by atoms with Gasteiger partial charge in [-0.15, -0.1) is 0 Å². The SMILES string of the molecule is CCN(CC1CCc2cc(NS(=O)(=O)c3ccc(-n4nnn(CCCC5CCCC5)c4=O)cc3)ccc2O1)c1ccc[nH]c1=O. The Kier molecular flexibility index (Phi) is 9.06. The molecular formula is C32H39N7O5S. The highest BCUT2D eigenvalue weighted by molar-refractivity contribution is 7.92. The Bertz CT molecular complexity index is 1840. The van der Waals surface area contributed by atoms with Crippen LogP contribution in [-0.4, -0.2) is 52.4 Å². The normalized spacial score (nSPS) is 16.7. The molecule has 1 saturated carbocycles. The third kappa shape index (κ3) is 6.98. The van der Waals surface area contributed by atoms with E-state index in [1.54, 1.807) is 48.7 Å². The van der Waals surface area contributed by atoms with Crippen LogP contribution >= 0.6 is 0 Å². The first kappa shape index (κ1) is 30.6. The van der Waals surface area contributed by atoms with E-state index < -0.39 is 10.0 Å². The van der Waals surface area contributed by atoms with Gasteiger partial charge in [-0.25, -0.2) is 13.2 Å². The number of tetrazole rings is 1. The number of sulfonamides is 1. The zero-order chi connectivity index (χ0) is 31.4. The molecule has 0 radical (unpaired) electrons. The van der Waals surface area contributed by atoms with Gasteiger partial charge in [0.1, 0.15) is 17.5 Å². The molecule has 0 amide bonds. The number of nitrogens with zero attached hydrogens (tertiary/aromatic N) is 5. The van der Waals surface area contributed by atoms with Crippen LogP contribution in [0.1, 0.15) is 57.4 Å². The number of aryl methyl sites for hydroxylation is 2. The fraction of sp³-hybridized carbons (Fsp3) is 0.438. The monoisotopic (exact) mass is 633 g/mol. The van der Waals surface area contributed by atoms with Gasteiger partial charge < -0.3 is 14.6 Å². The van der Waals surface area contributed by atoms with Crippen molar-refractivity contribution in [3.8, 4) is 11.4 Å². The van der Waals surface area contributed by atoms with Crippen LogP contribution in [0.3, 0.4) is 0 Å². The second-order valence-electron chi connectivity index (χ2n) is 11.8. The molecule has 12 nitrogen and oxygen atoms in total. The molecule has 1 aliphatic carbocycles. The van der Waals surface area contributed by atoms with E-state index in [1.165, 1.54) is 47.2 Å². The van der Waals surface area contributed by atoms with E-state index in [9.17, 15) is 18.0 Å². The fourth-order valence-electron chi connectivity index (χ4n) is 6.33. The molecule has 2 aromatic carbocycles. The number of H-pyrrole nitrogens is 1.